The van der Waals surface area contributed by atoms with Crippen LogP contribution in [0.5, 0.6) is 5.75 Å². The van der Waals surface area contributed by atoms with Crippen LogP contribution in [0.4, 0.5) is 0 Å². The lowest BCUT2D eigenvalue weighted by Gasteiger charge is -2.29. The maximum Gasteiger partial charge on any atom is 0.340 e. The third-order valence-electron chi connectivity index (χ3n) is 6.63. The molecule has 1 atom stereocenters. The van der Waals surface area contributed by atoms with Crippen molar-refractivity contribution in [2.24, 2.45) is 0 Å². The Morgan fingerprint density at radius 1 is 0.968 bits per heavy atom. The van der Waals surface area contributed by atoms with Gasteiger partial charge in [-0.3, -0.25) is 4.90 Å². The second kappa shape index (κ2) is 8.83. The molecule has 2 aliphatic heterocycles. The molecule has 6 heteroatoms. The van der Waals surface area contributed by atoms with Crippen molar-refractivity contribution in [3.8, 4) is 5.75 Å². The standard InChI is InChI=1S/C25H28N2O4/c1-18-20-7-8-23-22(16-27(17-30-23)10-9-26-11-13-29-14-12-26)24(20)31-25(28)21(18)15-19-5-3-2-4-6-19/h2-8H,9-17H2,1H3/p+2. The molecule has 2 aliphatic rings. The molecule has 162 valence electrons. The molecule has 1 saturated heterocycles. The van der Waals surface area contributed by atoms with Crippen LogP contribution in [0.15, 0.2) is 51.7 Å². The molecule has 0 aliphatic carbocycles. The number of rotatable bonds is 5. The van der Waals surface area contributed by atoms with Gasteiger partial charge in [-0.15, -0.1) is 0 Å². The zero-order chi connectivity index (χ0) is 21.2. The van der Waals surface area contributed by atoms with Gasteiger partial charge in [-0.25, -0.2) is 4.79 Å². The Kier molecular flexibility index (Phi) is 5.76. The monoisotopic (exact) mass is 422 g/mol. The van der Waals surface area contributed by atoms with E-state index in [-0.39, 0.29) is 5.63 Å². The van der Waals surface area contributed by atoms with Crippen LogP contribution < -0.4 is 20.2 Å². The lowest BCUT2D eigenvalue weighted by Crippen LogP contribution is -3.21. The van der Waals surface area contributed by atoms with E-state index in [1.807, 2.05) is 49.4 Å². The lowest BCUT2D eigenvalue weighted by atomic mass is 9.98. The van der Waals surface area contributed by atoms with E-state index in [4.69, 9.17) is 13.9 Å². The Morgan fingerprint density at radius 3 is 2.55 bits per heavy atom. The van der Waals surface area contributed by atoms with Crippen molar-refractivity contribution in [2.75, 3.05) is 46.1 Å². The van der Waals surface area contributed by atoms with E-state index in [1.54, 1.807) is 4.90 Å². The molecule has 1 unspecified atom stereocenters. The summed E-state index contributed by atoms with van der Waals surface area (Å²) in [6, 6.07) is 14.1. The second-order valence-corrected chi connectivity index (χ2v) is 8.65. The van der Waals surface area contributed by atoms with Gasteiger partial charge in [0.15, 0.2) is 5.58 Å². The third-order valence-corrected chi connectivity index (χ3v) is 6.63. The average Bonchev–Trinajstić information content (AvgIpc) is 2.81. The minimum atomic E-state index is -0.243. The topological polar surface area (TPSA) is 57.5 Å². The molecule has 5 rings (SSSR count). The van der Waals surface area contributed by atoms with Crippen LogP contribution in [0, 0.1) is 6.92 Å². The summed E-state index contributed by atoms with van der Waals surface area (Å²) in [7, 11) is 0. The summed E-state index contributed by atoms with van der Waals surface area (Å²) in [5, 5.41) is 1.01. The molecular weight excluding hydrogens is 392 g/mol. The Bertz CT molecular complexity index is 1120. The molecule has 1 fully saturated rings. The van der Waals surface area contributed by atoms with Crippen LogP contribution in [0.2, 0.25) is 0 Å². The average molecular weight is 423 g/mol. The van der Waals surface area contributed by atoms with Gasteiger partial charge in [0, 0.05) is 17.4 Å². The summed E-state index contributed by atoms with van der Waals surface area (Å²) in [6.45, 7) is 9.48. The van der Waals surface area contributed by atoms with Gasteiger partial charge in [-0.05, 0) is 30.2 Å². The molecule has 2 aromatic carbocycles. The van der Waals surface area contributed by atoms with Crippen LogP contribution in [0.3, 0.4) is 0 Å². The van der Waals surface area contributed by atoms with Crippen LogP contribution in [-0.2, 0) is 17.7 Å². The molecule has 6 nitrogen and oxygen atoms in total. The van der Waals surface area contributed by atoms with Crippen molar-refractivity contribution in [1.82, 2.24) is 0 Å². The number of hydrogen-bond donors (Lipinski definition) is 2. The van der Waals surface area contributed by atoms with E-state index < -0.39 is 0 Å². The first-order valence-electron chi connectivity index (χ1n) is 11.2. The minimum absolute atomic E-state index is 0.243. The molecule has 2 N–H and O–H groups in total. The fraction of sp³-hybridized carbons (Fsp3) is 0.400. The fourth-order valence-electron chi connectivity index (χ4n) is 4.70. The minimum Gasteiger partial charge on any atom is -0.445 e. The Hall–Kier alpha value is -2.67. The fourth-order valence-corrected chi connectivity index (χ4v) is 4.70. The van der Waals surface area contributed by atoms with Gasteiger partial charge >= 0.3 is 5.63 Å². The molecule has 1 aromatic heterocycles. The van der Waals surface area contributed by atoms with E-state index in [0.717, 1.165) is 79.3 Å². The molecule has 3 aromatic rings. The number of fused-ring (bicyclic) bond motifs is 3. The summed E-state index contributed by atoms with van der Waals surface area (Å²) in [6.07, 6.45) is 0.582. The second-order valence-electron chi connectivity index (χ2n) is 8.65. The van der Waals surface area contributed by atoms with Gasteiger partial charge in [0.1, 0.15) is 38.5 Å². The Balaban J connectivity index is 1.41. The van der Waals surface area contributed by atoms with Crippen LogP contribution >= 0.6 is 0 Å². The van der Waals surface area contributed by atoms with Gasteiger partial charge in [-0.2, -0.15) is 0 Å². The number of hydrogen-bond acceptors (Lipinski definition) is 4. The van der Waals surface area contributed by atoms with Gasteiger partial charge in [0.05, 0.1) is 18.8 Å². The number of benzene rings is 2. The SMILES string of the molecule is Cc1c(Cc2ccccc2)c(=O)oc2c3c(ccc12)OC[NH+](CC[NH+]1CCOCC1)C3. The molecule has 0 amide bonds. The highest BCUT2D eigenvalue weighted by atomic mass is 16.5. The number of nitrogens with one attached hydrogen (secondary N) is 2. The van der Waals surface area contributed by atoms with Crippen LogP contribution in [-0.4, -0.2) is 46.1 Å². The number of morpholine rings is 1. The molecule has 3 heterocycles. The highest BCUT2D eigenvalue weighted by molar-refractivity contribution is 5.85. The quantitative estimate of drug-likeness (QED) is 0.583. The van der Waals surface area contributed by atoms with Crippen molar-refractivity contribution in [3.63, 3.8) is 0 Å². The van der Waals surface area contributed by atoms with Gasteiger partial charge < -0.3 is 18.8 Å². The zero-order valence-electron chi connectivity index (χ0n) is 18.0. The van der Waals surface area contributed by atoms with E-state index in [1.165, 1.54) is 4.90 Å². The molecule has 0 spiro atoms. The summed E-state index contributed by atoms with van der Waals surface area (Å²) >= 11 is 0. The number of aryl methyl sites for hydroxylation is 1. The van der Waals surface area contributed by atoms with Crippen LogP contribution in [0.1, 0.15) is 22.3 Å². The van der Waals surface area contributed by atoms with E-state index in [0.29, 0.717) is 18.7 Å². The van der Waals surface area contributed by atoms with Gasteiger partial charge in [-0.1, -0.05) is 30.3 Å². The summed E-state index contributed by atoms with van der Waals surface area (Å²) < 4.78 is 17.4. The first-order valence-corrected chi connectivity index (χ1v) is 11.2. The zero-order valence-corrected chi connectivity index (χ0v) is 18.0. The van der Waals surface area contributed by atoms with E-state index in [2.05, 4.69) is 0 Å². The smallest absolute Gasteiger partial charge is 0.340 e. The first-order chi connectivity index (χ1) is 15.2. The molecular formula is C25H30N2O4+2. The van der Waals surface area contributed by atoms with Gasteiger partial charge in [0.25, 0.3) is 0 Å². The highest BCUT2D eigenvalue weighted by Gasteiger charge is 2.27. The Morgan fingerprint density at radius 2 is 1.74 bits per heavy atom. The van der Waals surface area contributed by atoms with Crippen molar-refractivity contribution in [2.45, 2.75) is 19.9 Å². The van der Waals surface area contributed by atoms with Crippen molar-refractivity contribution >= 4 is 11.0 Å². The molecule has 0 radical (unpaired) electrons. The number of ether oxygens (including phenoxy) is 2. The maximum atomic E-state index is 12.9. The van der Waals surface area contributed by atoms with Gasteiger partial charge in [0.2, 0.25) is 6.73 Å². The highest BCUT2D eigenvalue weighted by Crippen LogP contribution is 2.31. The van der Waals surface area contributed by atoms with E-state index in [9.17, 15) is 4.79 Å². The van der Waals surface area contributed by atoms with Crippen molar-refractivity contribution in [3.05, 3.63) is 75.1 Å². The predicted molar refractivity (Wildman–Crippen MR) is 118 cm³/mol. The van der Waals surface area contributed by atoms with Crippen molar-refractivity contribution in [1.29, 1.82) is 0 Å². The summed E-state index contributed by atoms with van der Waals surface area (Å²) in [4.78, 5) is 15.9. The first kappa shape index (κ1) is 20.2. The molecule has 0 saturated carbocycles. The largest absolute Gasteiger partial charge is 0.445 e. The van der Waals surface area contributed by atoms with E-state index >= 15 is 0 Å². The number of quaternary nitrogens is 2. The summed E-state index contributed by atoms with van der Waals surface area (Å²) in [5.74, 6) is 0.841. The lowest BCUT2D eigenvalue weighted by molar-refractivity contribution is -0.977. The predicted octanol–water partition coefficient (Wildman–Crippen LogP) is 0.342. The molecule has 0 bridgehead atoms. The van der Waals surface area contributed by atoms with Crippen molar-refractivity contribution < 1.29 is 23.7 Å². The normalized spacial score (nSPS) is 19.2. The third kappa shape index (κ3) is 4.24. The molecule has 31 heavy (non-hydrogen) atoms. The Labute approximate surface area is 182 Å². The van der Waals surface area contributed by atoms with Crippen LogP contribution in [0.25, 0.3) is 11.0 Å². The summed E-state index contributed by atoms with van der Waals surface area (Å²) in [5.41, 5.74) is 4.31. The maximum absolute atomic E-state index is 12.9.